The topological polar surface area (TPSA) is 103 Å². The lowest BCUT2D eigenvalue weighted by Crippen LogP contribution is -2.39. The molecule has 0 aliphatic carbocycles. The zero-order valence-corrected chi connectivity index (χ0v) is 14.0. The standard InChI is InChI=1S/C16H20ClN5O2/c17-14-9-13(19)1-2-15(14)21-16(23)12(10-18)11-20-3-4-22-5-7-24-8-6-22/h1-2,9,11,20H,3-8,19H2,(H,21,23)/b12-11-. The molecule has 7 nitrogen and oxygen atoms in total. The largest absolute Gasteiger partial charge is 0.399 e. The van der Waals surface area contributed by atoms with Crippen LogP contribution in [0.1, 0.15) is 0 Å². The number of carbonyl (C=O) groups is 1. The van der Waals surface area contributed by atoms with Crippen molar-refractivity contribution in [3.05, 3.63) is 35.0 Å². The van der Waals surface area contributed by atoms with Crippen LogP contribution in [0.2, 0.25) is 5.02 Å². The number of rotatable bonds is 6. The quantitative estimate of drug-likeness (QED) is 0.308. The summed E-state index contributed by atoms with van der Waals surface area (Å²) in [4.78, 5) is 14.4. The van der Waals surface area contributed by atoms with Gasteiger partial charge in [0.05, 0.1) is 23.9 Å². The van der Waals surface area contributed by atoms with Crippen LogP contribution in [-0.2, 0) is 9.53 Å². The summed E-state index contributed by atoms with van der Waals surface area (Å²) in [6.45, 7) is 4.73. The molecule has 0 saturated carbocycles. The molecular formula is C16H20ClN5O2. The van der Waals surface area contributed by atoms with Gasteiger partial charge in [-0.15, -0.1) is 0 Å². The molecule has 1 saturated heterocycles. The van der Waals surface area contributed by atoms with Crippen molar-refractivity contribution >= 4 is 28.9 Å². The average molecular weight is 350 g/mol. The van der Waals surface area contributed by atoms with Crippen LogP contribution in [0.4, 0.5) is 11.4 Å². The highest BCUT2D eigenvalue weighted by Crippen LogP contribution is 2.24. The molecule has 1 aromatic rings. The van der Waals surface area contributed by atoms with E-state index < -0.39 is 5.91 Å². The number of anilines is 2. The lowest BCUT2D eigenvalue weighted by Gasteiger charge is -2.26. The van der Waals surface area contributed by atoms with Gasteiger partial charge in [0.25, 0.3) is 5.91 Å². The van der Waals surface area contributed by atoms with E-state index in [2.05, 4.69) is 15.5 Å². The van der Waals surface area contributed by atoms with Gasteiger partial charge in [-0.25, -0.2) is 0 Å². The van der Waals surface area contributed by atoms with Gasteiger partial charge in [-0.1, -0.05) is 11.6 Å². The molecular weight excluding hydrogens is 330 g/mol. The number of carbonyl (C=O) groups excluding carboxylic acids is 1. The van der Waals surface area contributed by atoms with Crippen LogP contribution < -0.4 is 16.4 Å². The number of benzene rings is 1. The summed E-state index contributed by atoms with van der Waals surface area (Å²) in [5.74, 6) is -0.525. The molecule has 1 aromatic carbocycles. The molecule has 1 aliphatic rings. The minimum atomic E-state index is -0.525. The maximum Gasteiger partial charge on any atom is 0.267 e. The molecule has 8 heteroatoms. The summed E-state index contributed by atoms with van der Waals surface area (Å²) in [5, 5.41) is 15.0. The Balaban J connectivity index is 1.85. The highest BCUT2D eigenvalue weighted by atomic mass is 35.5. The van der Waals surface area contributed by atoms with Gasteiger partial charge >= 0.3 is 0 Å². The lowest BCUT2D eigenvalue weighted by atomic mass is 10.2. The molecule has 0 bridgehead atoms. The van der Waals surface area contributed by atoms with Gasteiger partial charge in [0.1, 0.15) is 11.6 Å². The summed E-state index contributed by atoms with van der Waals surface area (Å²) in [5.41, 5.74) is 6.49. The van der Waals surface area contributed by atoms with Crippen molar-refractivity contribution in [1.29, 1.82) is 5.26 Å². The second kappa shape index (κ2) is 9.13. The van der Waals surface area contributed by atoms with Crippen molar-refractivity contribution in [3.63, 3.8) is 0 Å². The predicted octanol–water partition coefficient (Wildman–Crippen LogP) is 1.19. The Morgan fingerprint density at radius 3 is 2.88 bits per heavy atom. The van der Waals surface area contributed by atoms with Gasteiger partial charge in [-0.2, -0.15) is 5.26 Å². The zero-order valence-electron chi connectivity index (χ0n) is 13.2. The first-order valence-electron chi connectivity index (χ1n) is 7.60. The van der Waals surface area contributed by atoms with E-state index in [4.69, 9.17) is 27.3 Å². The second-order valence-corrected chi connectivity index (χ2v) is 5.68. The molecule has 0 spiro atoms. The van der Waals surface area contributed by atoms with Crippen molar-refractivity contribution in [1.82, 2.24) is 10.2 Å². The van der Waals surface area contributed by atoms with Gasteiger partial charge in [0, 0.05) is 38.1 Å². The van der Waals surface area contributed by atoms with Crippen LogP contribution in [0.15, 0.2) is 30.0 Å². The molecule has 1 heterocycles. The first-order valence-corrected chi connectivity index (χ1v) is 7.98. The number of morpholine rings is 1. The van der Waals surface area contributed by atoms with E-state index >= 15 is 0 Å². The number of nitrogens with zero attached hydrogens (tertiary/aromatic N) is 2. The normalized spacial score (nSPS) is 15.6. The average Bonchev–Trinajstić information content (AvgIpc) is 2.58. The molecule has 2 rings (SSSR count). The minimum absolute atomic E-state index is 0.0233. The molecule has 0 aromatic heterocycles. The summed E-state index contributed by atoms with van der Waals surface area (Å²) >= 11 is 6.01. The van der Waals surface area contributed by atoms with Gasteiger partial charge < -0.3 is 21.1 Å². The number of amides is 1. The van der Waals surface area contributed by atoms with Crippen molar-refractivity contribution in [2.75, 3.05) is 50.4 Å². The van der Waals surface area contributed by atoms with Crippen molar-refractivity contribution < 1.29 is 9.53 Å². The van der Waals surface area contributed by atoms with E-state index in [1.165, 1.54) is 12.3 Å². The molecule has 1 amide bonds. The van der Waals surface area contributed by atoms with Gasteiger partial charge in [0.15, 0.2) is 0 Å². The molecule has 0 radical (unpaired) electrons. The molecule has 4 N–H and O–H groups in total. The lowest BCUT2D eigenvalue weighted by molar-refractivity contribution is -0.112. The highest BCUT2D eigenvalue weighted by Gasteiger charge is 2.12. The first kappa shape index (κ1) is 18.1. The van der Waals surface area contributed by atoms with Crippen LogP contribution in [0, 0.1) is 11.3 Å². The Morgan fingerprint density at radius 2 is 2.21 bits per heavy atom. The monoisotopic (exact) mass is 349 g/mol. The van der Waals surface area contributed by atoms with Crippen LogP contribution in [0.5, 0.6) is 0 Å². The fourth-order valence-electron chi connectivity index (χ4n) is 2.19. The number of hydrogen-bond donors (Lipinski definition) is 3. The number of nitrogens with one attached hydrogen (secondary N) is 2. The fourth-order valence-corrected chi connectivity index (χ4v) is 2.43. The number of nitriles is 1. The number of nitrogens with two attached hydrogens (primary N) is 1. The third-order valence-corrected chi connectivity index (χ3v) is 3.84. The Morgan fingerprint density at radius 1 is 1.46 bits per heavy atom. The number of hydrogen-bond acceptors (Lipinski definition) is 6. The molecule has 24 heavy (non-hydrogen) atoms. The molecule has 128 valence electrons. The second-order valence-electron chi connectivity index (χ2n) is 5.27. The van der Waals surface area contributed by atoms with Crippen LogP contribution in [-0.4, -0.2) is 50.2 Å². The summed E-state index contributed by atoms with van der Waals surface area (Å²) in [6, 6.07) is 6.63. The van der Waals surface area contributed by atoms with E-state index in [1.54, 1.807) is 12.1 Å². The summed E-state index contributed by atoms with van der Waals surface area (Å²) in [7, 11) is 0. The summed E-state index contributed by atoms with van der Waals surface area (Å²) in [6.07, 6.45) is 1.42. The Hall–Kier alpha value is -2.27. The highest BCUT2D eigenvalue weighted by molar-refractivity contribution is 6.34. The number of ether oxygens (including phenoxy) is 1. The van der Waals surface area contributed by atoms with Crippen LogP contribution >= 0.6 is 11.6 Å². The Kier molecular flexibility index (Phi) is 6.88. The molecule has 0 unspecified atom stereocenters. The maximum absolute atomic E-state index is 12.1. The molecule has 1 fully saturated rings. The smallest absolute Gasteiger partial charge is 0.267 e. The minimum Gasteiger partial charge on any atom is -0.399 e. The van der Waals surface area contributed by atoms with E-state index in [0.29, 0.717) is 22.9 Å². The predicted molar refractivity (Wildman–Crippen MR) is 93.5 cm³/mol. The Labute approximate surface area is 146 Å². The third kappa shape index (κ3) is 5.42. The van der Waals surface area contributed by atoms with Crippen molar-refractivity contribution in [2.24, 2.45) is 0 Å². The maximum atomic E-state index is 12.1. The number of halogens is 1. The van der Waals surface area contributed by atoms with E-state index in [-0.39, 0.29) is 5.57 Å². The van der Waals surface area contributed by atoms with E-state index in [1.807, 2.05) is 6.07 Å². The first-order chi connectivity index (χ1) is 11.6. The van der Waals surface area contributed by atoms with Gasteiger partial charge in [-0.05, 0) is 18.2 Å². The van der Waals surface area contributed by atoms with Crippen molar-refractivity contribution in [2.45, 2.75) is 0 Å². The van der Waals surface area contributed by atoms with Gasteiger partial charge in [-0.3, -0.25) is 9.69 Å². The SMILES string of the molecule is N#C/C(=C/NCCN1CCOCC1)C(=O)Nc1ccc(N)cc1Cl. The van der Waals surface area contributed by atoms with Gasteiger partial charge in [0.2, 0.25) is 0 Å². The molecule has 1 aliphatic heterocycles. The zero-order chi connectivity index (χ0) is 17.4. The molecule has 0 atom stereocenters. The van der Waals surface area contributed by atoms with E-state index in [0.717, 1.165) is 32.8 Å². The Bertz CT molecular complexity index is 650. The van der Waals surface area contributed by atoms with Crippen LogP contribution in [0.3, 0.4) is 0 Å². The third-order valence-electron chi connectivity index (χ3n) is 3.53. The number of nitrogen functional groups attached to an aromatic ring is 1. The van der Waals surface area contributed by atoms with E-state index in [9.17, 15) is 4.79 Å². The summed E-state index contributed by atoms with van der Waals surface area (Å²) < 4.78 is 5.28. The van der Waals surface area contributed by atoms with Crippen molar-refractivity contribution in [3.8, 4) is 6.07 Å². The van der Waals surface area contributed by atoms with Crippen LogP contribution in [0.25, 0.3) is 0 Å². The fraction of sp³-hybridized carbons (Fsp3) is 0.375.